The molecule has 0 bridgehead atoms. The minimum atomic E-state index is -0.915. The fraction of sp³-hybridized carbons (Fsp3) is 0.276. The van der Waals surface area contributed by atoms with Gasteiger partial charge in [-0.2, -0.15) is 0 Å². The number of hydrogen-bond acceptors (Lipinski definition) is 7. The number of hydrogen-bond donors (Lipinski definition) is 3. The molecule has 1 unspecified atom stereocenters. The van der Waals surface area contributed by atoms with Crippen LogP contribution in [0.25, 0.3) is 27.6 Å². The number of ether oxygens (including phenoxy) is 1. The van der Waals surface area contributed by atoms with Crippen LogP contribution in [0.2, 0.25) is 0 Å². The van der Waals surface area contributed by atoms with Gasteiger partial charge in [-0.25, -0.2) is 9.97 Å². The van der Waals surface area contributed by atoms with Crippen LogP contribution in [0.3, 0.4) is 0 Å². The summed E-state index contributed by atoms with van der Waals surface area (Å²) < 4.78 is 7.72. The van der Waals surface area contributed by atoms with E-state index < -0.39 is 5.60 Å². The van der Waals surface area contributed by atoms with Gasteiger partial charge in [-0.1, -0.05) is 18.2 Å². The van der Waals surface area contributed by atoms with E-state index in [2.05, 4.69) is 20.3 Å². The molecule has 192 valence electrons. The number of imidazole rings is 1. The van der Waals surface area contributed by atoms with Crippen LogP contribution >= 0.6 is 0 Å². The number of aryl methyl sites for hydroxylation is 1. The third-order valence-electron chi connectivity index (χ3n) is 6.67. The van der Waals surface area contributed by atoms with E-state index in [4.69, 9.17) is 10.5 Å². The van der Waals surface area contributed by atoms with Crippen molar-refractivity contribution in [2.24, 2.45) is 17.8 Å². The molecule has 4 N–H and O–H groups in total. The molecule has 4 aromatic rings. The van der Waals surface area contributed by atoms with Crippen LogP contribution in [0.15, 0.2) is 66.1 Å². The minimum absolute atomic E-state index is 0.272. The van der Waals surface area contributed by atoms with Gasteiger partial charge in [0.2, 0.25) is 0 Å². The molecule has 1 atom stereocenters. The fourth-order valence-corrected chi connectivity index (χ4v) is 3.84. The van der Waals surface area contributed by atoms with Gasteiger partial charge in [0, 0.05) is 42.2 Å². The number of pyridine rings is 1. The molecule has 0 saturated carbocycles. The first kappa shape index (κ1) is 25.9. The maximum Gasteiger partial charge on any atom is 0.143 e. The molecule has 0 aliphatic rings. The highest BCUT2D eigenvalue weighted by Crippen LogP contribution is 2.33. The van der Waals surface area contributed by atoms with Gasteiger partial charge >= 0.3 is 0 Å². The van der Waals surface area contributed by atoms with E-state index >= 15 is 0 Å². The van der Waals surface area contributed by atoms with Crippen LogP contribution in [-0.2, 0) is 7.05 Å². The second-order valence-electron chi connectivity index (χ2n) is 9.65. The van der Waals surface area contributed by atoms with Gasteiger partial charge in [-0.3, -0.25) is 4.99 Å². The summed E-state index contributed by atoms with van der Waals surface area (Å²) >= 11 is 0. The van der Waals surface area contributed by atoms with Gasteiger partial charge < -0.3 is 25.5 Å². The summed E-state index contributed by atoms with van der Waals surface area (Å²) in [6, 6.07) is 13.8. The Morgan fingerprint density at radius 1 is 1.14 bits per heavy atom. The van der Waals surface area contributed by atoms with E-state index in [1.54, 1.807) is 27.2 Å². The zero-order valence-electron chi connectivity index (χ0n) is 22.1. The Balaban J connectivity index is 1.61. The third kappa shape index (κ3) is 5.65. The maximum atomic E-state index is 10.2. The van der Waals surface area contributed by atoms with Crippen LogP contribution in [-0.4, -0.2) is 44.6 Å². The van der Waals surface area contributed by atoms with E-state index in [0.29, 0.717) is 11.6 Å². The predicted octanol–water partition coefficient (Wildman–Crippen LogP) is 5.23. The lowest BCUT2D eigenvalue weighted by Gasteiger charge is -2.22. The molecule has 2 heterocycles. The third-order valence-corrected chi connectivity index (χ3v) is 6.67. The van der Waals surface area contributed by atoms with Crippen molar-refractivity contribution in [2.75, 3.05) is 12.4 Å². The Kier molecular flexibility index (Phi) is 7.31. The van der Waals surface area contributed by atoms with Crippen molar-refractivity contribution in [2.45, 2.75) is 39.3 Å². The molecule has 8 heteroatoms. The largest absolute Gasteiger partial charge is 0.495 e. The van der Waals surface area contributed by atoms with Crippen molar-refractivity contribution >= 4 is 34.1 Å². The number of nitrogens with zero attached hydrogens (tertiary/aromatic N) is 4. The van der Waals surface area contributed by atoms with Gasteiger partial charge in [0.25, 0.3) is 0 Å². The van der Waals surface area contributed by atoms with Gasteiger partial charge in [-0.05, 0) is 62.9 Å². The van der Waals surface area contributed by atoms with Gasteiger partial charge in [0.05, 0.1) is 36.3 Å². The number of rotatable bonds is 8. The topological polar surface area (TPSA) is 111 Å². The van der Waals surface area contributed by atoms with Crippen LogP contribution in [0.5, 0.6) is 5.75 Å². The number of benzene rings is 2. The molecule has 0 amide bonds. The van der Waals surface area contributed by atoms with E-state index in [9.17, 15) is 5.11 Å². The zero-order chi connectivity index (χ0) is 26.7. The molecule has 2 aromatic heterocycles. The molecule has 2 aromatic carbocycles. The molecule has 0 aliphatic carbocycles. The van der Waals surface area contributed by atoms with Crippen molar-refractivity contribution in [3.05, 3.63) is 72.4 Å². The highest BCUT2D eigenvalue weighted by molar-refractivity contribution is 6.10. The summed E-state index contributed by atoms with van der Waals surface area (Å²) in [5.41, 5.74) is 9.53. The number of aromatic nitrogens is 3. The van der Waals surface area contributed by atoms with E-state index in [0.717, 1.165) is 44.7 Å². The zero-order valence-corrected chi connectivity index (χ0v) is 22.1. The van der Waals surface area contributed by atoms with Gasteiger partial charge in [-0.15, -0.1) is 0 Å². The average Bonchev–Trinajstić information content (AvgIpc) is 3.21. The molecule has 0 fully saturated rings. The minimum Gasteiger partial charge on any atom is -0.495 e. The van der Waals surface area contributed by atoms with Crippen molar-refractivity contribution in [1.29, 1.82) is 0 Å². The SMILES string of the molecule is COc1cc(-c2cnc(C)n2C)ccc1Nc1cc2cc(C(C=NC(C)C(C)(C)O)=CN)ccc2cn1. The number of allylic oxidation sites excluding steroid dienone is 1. The maximum absolute atomic E-state index is 10.2. The Morgan fingerprint density at radius 3 is 2.57 bits per heavy atom. The second-order valence-corrected chi connectivity index (χ2v) is 9.65. The summed E-state index contributed by atoms with van der Waals surface area (Å²) in [5, 5.41) is 15.5. The lowest BCUT2D eigenvalue weighted by molar-refractivity contribution is 0.0593. The fourth-order valence-electron chi connectivity index (χ4n) is 3.84. The molecular weight excluding hydrogens is 464 g/mol. The number of methoxy groups -OCH3 is 1. The van der Waals surface area contributed by atoms with E-state index in [1.807, 2.05) is 80.3 Å². The Hall–Kier alpha value is -4.17. The number of nitrogens with one attached hydrogen (secondary N) is 1. The highest BCUT2D eigenvalue weighted by Gasteiger charge is 2.20. The summed E-state index contributed by atoms with van der Waals surface area (Å²) in [7, 11) is 3.65. The second kappa shape index (κ2) is 10.4. The van der Waals surface area contributed by atoms with Crippen molar-refractivity contribution in [3.63, 3.8) is 0 Å². The average molecular weight is 499 g/mol. The van der Waals surface area contributed by atoms with Crippen molar-refractivity contribution in [3.8, 4) is 17.0 Å². The molecular formula is C29H34N6O2. The molecule has 0 radical (unpaired) electrons. The van der Waals surface area contributed by atoms with Crippen LogP contribution in [0, 0.1) is 6.92 Å². The first-order valence-corrected chi connectivity index (χ1v) is 12.1. The molecule has 0 spiro atoms. The summed E-state index contributed by atoms with van der Waals surface area (Å²) in [6.45, 7) is 7.32. The lowest BCUT2D eigenvalue weighted by Crippen LogP contribution is -2.32. The Morgan fingerprint density at radius 2 is 1.92 bits per heavy atom. The first-order chi connectivity index (χ1) is 17.6. The normalized spacial score (nSPS) is 13.3. The quantitative estimate of drug-likeness (QED) is 0.287. The molecule has 8 nitrogen and oxygen atoms in total. The monoisotopic (exact) mass is 498 g/mol. The predicted molar refractivity (Wildman–Crippen MR) is 151 cm³/mol. The lowest BCUT2D eigenvalue weighted by atomic mass is 10.0. The van der Waals surface area contributed by atoms with Crippen LogP contribution < -0.4 is 15.8 Å². The number of aliphatic imine (C=N–C) groups is 1. The summed E-state index contributed by atoms with van der Waals surface area (Å²) in [6.07, 6.45) is 6.93. The number of aliphatic hydroxyl groups is 1. The van der Waals surface area contributed by atoms with E-state index in [-0.39, 0.29) is 6.04 Å². The Bertz CT molecular complexity index is 1480. The number of anilines is 2. The summed E-state index contributed by atoms with van der Waals surface area (Å²) in [4.78, 5) is 13.5. The highest BCUT2D eigenvalue weighted by atomic mass is 16.5. The van der Waals surface area contributed by atoms with Crippen LogP contribution in [0.1, 0.15) is 32.2 Å². The number of nitrogens with two attached hydrogens (primary N) is 1. The van der Waals surface area contributed by atoms with Crippen molar-refractivity contribution in [1.82, 2.24) is 14.5 Å². The molecule has 0 saturated heterocycles. The van der Waals surface area contributed by atoms with Crippen LogP contribution in [0.4, 0.5) is 11.5 Å². The van der Waals surface area contributed by atoms with Gasteiger partial charge in [0.1, 0.15) is 17.4 Å². The smallest absolute Gasteiger partial charge is 0.143 e. The molecule has 37 heavy (non-hydrogen) atoms. The van der Waals surface area contributed by atoms with E-state index in [1.165, 1.54) is 6.20 Å². The summed E-state index contributed by atoms with van der Waals surface area (Å²) in [5.74, 6) is 2.34. The molecule has 0 aliphatic heterocycles. The number of fused-ring (bicyclic) bond motifs is 1. The van der Waals surface area contributed by atoms with Crippen molar-refractivity contribution < 1.29 is 9.84 Å². The standard InChI is InChI=1S/C29H34N6O2/c1-18(29(3,4)36)31-16-24(14-30)20-7-8-22-15-33-28(13-23(22)11-20)34-25-10-9-21(12-27(25)37-6)26-17-32-19(2)35(26)5/h7-18,36H,30H2,1-6H3,(H,33,34). The first-order valence-electron chi connectivity index (χ1n) is 12.1. The molecule has 4 rings (SSSR count). The Labute approximate surface area is 217 Å². The van der Waals surface area contributed by atoms with Gasteiger partial charge in [0.15, 0.2) is 0 Å².